The summed E-state index contributed by atoms with van der Waals surface area (Å²) in [5.74, 6) is -0.558. The smallest absolute Gasteiger partial charge is 0.286 e. The minimum absolute atomic E-state index is 0.0694. The van der Waals surface area contributed by atoms with Crippen molar-refractivity contribution < 1.29 is 26.7 Å². The molecule has 37 heavy (non-hydrogen) atoms. The lowest BCUT2D eigenvalue weighted by molar-refractivity contribution is -0.134. The van der Waals surface area contributed by atoms with E-state index in [0.717, 1.165) is 31.1 Å². The van der Waals surface area contributed by atoms with Crippen molar-refractivity contribution in [3.8, 4) is 0 Å². The van der Waals surface area contributed by atoms with Crippen LogP contribution in [0.4, 0.5) is 11.4 Å². The van der Waals surface area contributed by atoms with Gasteiger partial charge in [0.15, 0.2) is 5.84 Å². The Morgan fingerprint density at radius 1 is 1.14 bits per heavy atom. The molecule has 2 aliphatic heterocycles. The molecule has 4 unspecified atom stereocenters. The molecule has 4 aliphatic rings. The Bertz CT molecular complexity index is 1580. The Balaban J connectivity index is 1.42. The first kappa shape index (κ1) is 24.0. The van der Waals surface area contributed by atoms with Gasteiger partial charge >= 0.3 is 0 Å². The van der Waals surface area contributed by atoms with Crippen molar-refractivity contribution in [2.24, 2.45) is 22.2 Å². The van der Waals surface area contributed by atoms with Gasteiger partial charge in [0.2, 0.25) is 10.0 Å². The van der Waals surface area contributed by atoms with Gasteiger partial charge in [-0.05, 0) is 54.9 Å². The standard InChI is InChI=1S/C25H26N4O6S2/c1-36(32,33)27-17-9-10-18-19(12-17)37(34,35)28-24(26-18)21-23(30)20-15-7-8-16(11-15)22(20)29(25(21)31)13-14-5-3-2-4-6-14/h2-6,9-10,12,15-16,20,22,27,30H,7-8,11,13H2,1H3,(H,26,28). The van der Waals surface area contributed by atoms with Crippen LogP contribution in [-0.2, 0) is 31.4 Å². The molecule has 2 aromatic rings. The van der Waals surface area contributed by atoms with E-state index < -0.39 is 26.0 Å². The summed E-state index contributed by atoms with van der Waals surface area (Å²) in [6.45, 7) is 0.345. The summed E-state index contributed by atoms with van der Waals surface area (Å²) in [6, 6.07) is 13.4. The second kappa shape index (κ2) is 8.32. The number of rotatable bonds is 5. The number of hydrogen-bond acceptors (Lipinski definition) is 7. The minimum atomic E-state index is -4.30. The molecule has 2 heterocycles. The van der Waals surface area contributed by atoms with E-state index in [1.165, 1.54) is 18.2 Å². The third-order valence-corrected chi connectivity index (χ3v) is 9.66. The van der Waals surface area contributed by atoms with Gasteiger partial charge < -0.3 is 15.3 Å². The Labute approximate surface area is 215 Å². The molecule has 3 N–H and O–H groups in total. The molecule has 2 aliphatic carbocycles. The van der Waals surface area contributed by atoms with Crippen molar-refractivity contribution >= 4 is 43.2 Å². The molecule has 2 saturated carbocycles. The SMILES string of the molecule is CS(=O)(=O)Nc1ccc2c(c1)S(=O)(=O)N=C(C1=C(O)C3C4CCC(C4)C3N(Cc3ccccc3)C1=O)N2. The molecule has 0 saturated heterocycles. The number of sulfonamides is 2. The maximum Gasteiger partial charge on any atom is 0.286 e. The van der Waals surface area contributed by atoms with Crippen LogP contribution < -0.4 is 10.0 Å². The molecular weight excluding hydrogens is 516 g/mol. The van der Waals surface area contributed by atoms with E-state index in [9.17, 15) is 26.7 Å². The van der Waals surface area contributed by atoms with Gasteiger partial charge in [-0.1, -0.05) is 30.3 Å². The number of fused-ring (bicyclic) bond motifs is 6. The van der Waals surface area contributed by atoms with Crippen LogP contribution in [-0.4, -0.2) is 50.9 Å². The van der Waals surface area contributed by atoms with E-state index in [1.54, 1.807) is 4.90 Å². The van der Waals surface area contributed by atoms with Gasteiger partial charge in [0, 0.05) is 24.2 Å². The molecule has 2 bridgehead atoms. The van der Waals surface area contributed by atoms with Crippen LogP contribution in [0.5, 0.6) is 0 Å². The number of benzene rings is 2. The van der Waals surface area contributed by atoms with Gasteiger partial charge in [0.25, 0.3) is 15.9 Å². The molecule has 12 heteroatoms. The van der Waals surface area contributed by atoms with Gasteiger partial charge in [0.05, 0.1) is 11.9 Å². The predicted octanol–water partition coefficient (Wildman–Crippen LogP) is 2.84. The fourth-order valence-corrected chi connectivity index (χ4v) is 8.08. The highest BCUT2D eigenvalue weighted by molar-refractivity contribution is 7.92. The number of carbonyl (C=O) groups excluding carboxylic acids is 1. The lowest BCUT2D eigenvalue weighted by Crippen LogP contribution is -2.53. The van der Waals surface area contributed by atoms with Crippen LogP contribution >= 0.6 is 0 Å². The third-order valence-electron chi connectivity index (χ3n) is 7.74. The highest BCUT2D eigenvalue weighted by atomic mass is 32.2. The van der Waals surface area contributed by atoms with Gasteiger partial charge in [-0.2, -0.15) is 8.42 Å². The van der Waals surface area contributed by atoms with Gasteiger partial charge in [-0.25, -0.2) is 8.42 Å². The predicted molar refractivity (Wildman–Crippen MR) is 138 cm³/mol. The monoisotopic (exact) mass is 542 g/mol. The molecule has 2 aromatic carbocycles. The molecule has 10 nitrogen and oxygen atoms in total. The summed E-state index contributed by atoms with van der Waals surface area (Å²) in [4.78, 5) is 15.4. The number of amidine groups is 1. The van der Waals surface area contributed by atoms with Crippen molar-refractivity contribution in [2.45, 2.75) is 36.7 Å². The molecule has 0 aromatic heterocycles. The highest BCUT2D eigenvalue weighted by Crippen LogP contribution is 2.55. The molecular formula is C25H26N4O6S2. The number of nitrogens with zero attached hydrogens (tertiary/aromatic N) is 2. The number of amides is 1. The van der Waals surface area contributed by atoms with E-state index in [2.05, 4.69) is 14.4 Å². The van der Waals surface area contributed by atoms with E-state index in [4.69, 9.17) is 0 Å². The summed E-state index contributed by atoms with van der Waals surface area (Å²) in [5, 5.41) is 14.3. The first-order valence-corrected chi connectivity index (χ1v) is 15.4. The number of anilines is 2. The first-order chi connectivity index (χ1) is 17.5. The topological polar surface area (TPSA) is 145 Å². The summed E-state index contributed by atoms with van der Waals surface area (Å²) in [6.07, 6.45) is 3.83. The Morgan fingerprint density at radius 2 is 1.86 bits per heavy atom. The lowest BCUT2D eigenvalue weighted by Gasteiger charge is -2.44. The van der Waals surface area contributed by atoms with E-state index in [1.807, 2.05) is 30.3 Å². The van der Waals surface area contributed by atoms with Gasteiger partial charge in [-0.15, -0.1) is 4.40 Å². The molecule has 194 valence electrons. The number of aliphatic hydroxyl groups excluding tert-OH is 1. The Kier molecular flexibility index (Phi) is 5.39. The average molecular weight is 543 g/mol. The molecule has 2 fully saturated rings. The average Bonchev–Trinajstić information content (AvgIpc) is 3.44. The number of carbonyl (C=O) groups is 1. The maximum absolute atomic E-state index is 13.9. The fraction of sp³-hybridized carbons (Fsp3) is 0.360. The molecule has 4 atom stereocenters. The van der Waals surface area contributed by atoms with Crippen molar-refractivity contribution in [1.82, 2.24) is 4.90 Å². The summed E-state index contributed by atoms with van der Waals surface area (Å²) in [5.41, 5.74) is 1.03. The molecule has 0 radical (unpaired) electrons. The Morgan fingerprint density at radius 3 is 2.59 bits per heavy atom. The molecule has 0 spiro atoms. The van der Waals surface area contributed by atoms with Crippen LogP contribution in [0.15, 0.2) is 69.2 Å². The van der Waals surface area contributed by atoms with Crippen molar-refractivity contribution in [3.05, 3.63) is 65.4 Å². The van der Waals surface area contributed by atoms with Gasteiger partial charge in [-0.3, -0.25) is 9.52 Å². The van der Waals surface area contributed by atoms with Crippen LogP contribution in [0.2, 0.25) is 0 Å². The third kappa shape index (κ3) is 4.08. The summed E-state index contributed by atoms with van der Waals surface area (Å²) < 4.78 is 55.6. The van der Waals surface area contributed by atoms with Crippen LogP contribution in [0, 0.1) is 17.8 Å². The second-order valence-corrected chi connectivity index (χ2v) is 13.5. The quantitative estimate of drug-likeness (QED) is 0.527. The van der Waals surface area contributed by atoms with E-state index in [-0.39, 0.29) is 57.2 Å². The Hall–Kier alpha value is -3.38. The highest BCUT2D eigenvalue weighted by Gasteiger charge is 2.57. The van der Waals surface area contributed by atoms with Gasteiger partial charge in [0.1, 0.15) is 16.2 Å². The van der Waals surface area contributed by atoms with Crippen molar-refractivity contribution in [3.63, 3.8) is 0 Å². The van der Waals surface area contributed by atoms with Crippen LogP contribution in [0.25, 0.3) is 0 Å². The second-order valence-electron chi connectivity index (χ2n) is 10.2. The summed E-state index contributed by atoms with van der Waals surface area (Å²) in [7, 11) is -7.92. The maximum atomic E-state index is 13.9. The normalized spacial score (nSPS) is 27.9. The molecule has 1 amide bonds. The number of nitrogens with one attached hydrogen (secondary N) is 2. The van der Waals surface area contributed by atoms with Crippen LogP contribution in [0.3, 0.4) is 0 Å². The van der Waals surface area contributed by atoms with Crippen molar-refractivity contribution in [2.75, 3.05) is 16.3 Å². The minimum Gasteiger partial charge on any atom is -0.511 e. The number of aliphatic hydroxyl groups is 1. The lowest BCUT2D eigenvalue weighted by atomic mass is 9.77. The molecule has 6 rings (SSSR count). The zero-order valence-corrected chi connectivity index (χ0v) is 21.6. The largest absolute Gasteiger partial charge is 0.511 e. The number of hydrogen-bond donors (Lipinski definition) is 3. The van der Waals surface area contributed by atoms with Crippen LogP contribution in [0.1, 0.15) is 24.8 Å². The zero-order chi connectivity index (χ0) is 26.1. The zero-order valence-electron chi connectivity index (χ0n) is 20.0. The fourth-order valence-electron chi connectivity index (χ4n) is 6.37. The van der Waals surface area contributed by atoms with E-state index >= 15 is 0 Å². The van der Waals surface area contributed by atoms with Crippen molar-refractivity contribution in [1.29, 1.82) is 0 Å². The van der Waals surface area contributed by atoms with E-state index in [0.29, 0.717) is 6.54 Å². The summed E-state index contributed by atoms with van der Waals surface area (Å²) >= 11 is 0. The first-order valence-electron chi connectivity index (χ1n) is 12.0.